The minimum atomic E-state index is -1.04. The SMILES string of the molecule is CCCC(Oc1cc(F)ccc1Br)C(=O)O. The third-order valence-electron chi connectivity index (χ3n) is 1.99. The highest BCUT2D eigenvalue weighted by molar-refractivity contribution is 9.10. The molecule has 0 fully saturated rings. The lowest BCUT2D eigenvalue weighted by atomic mass is 10.2. The molecule has 1 rings (SSSR count). The Morgan fingerprint density at radius 3 is 2.88 bits per heavy atom. The molecular weight excluding hydrogens is 279 g/mol. The van der Waals surface area contributed by atoms with Gasteiger partial charge in [-0.1, -0.05) is 13.3 Å². The summed E-state index contributed by atoms with van der Waals surface area (Å²) in [4.78, 5) is 10.9. The molecule has 0 spiro atoms. The van der Waals surface area contributed by atoms with Gasteiger partial charge in [0.25, 0.3) is 0 Å². The van der Waals surface area contributed by atoms with Crippen molar-refractivity contribution in [1.29, 1.82) is 0 Å². The Bertz CT molecular complexity index is 381. The van der Waals surface area contributed by atoms with Gasteiger partial charge in [-0.3, -0.25) is 0 Å². The number of hydrogen-bond donors (Lipinski definition) is 1. The first kappa shape index (κ1) is 13.0. The van der Waals surface area contributed by atoms with E-state index in [4.69, 9.17) is 9.84 Å². The molecule has 0 heterocycles. The summed E-state index contributed by atoms with van der Waals surface area (Å²) in [5.41, 5.74) is 0. The number of hydrogen-bond acceptors (Lipinski definition) is 2. The van der Waals surface area contributed by atoms with Crippen LogP contribution in [-0.2, 0) is 4.79 Å². The van der Waals surface area contributed by atoms with Gasteiger partial charge in [0.15, 0.2) is 6.10 Å². The highest BCUT2D eigenvalue weighted by Crippen LogP contribution is 2.27. The zero-order valence-electron chi connectivity index (χ0n) is 8.74. The summed E-state index contributed by atoms with van der Waals surface area (Å²) in [6.07, 6.45) is 0.130. The van der Waals surface area contributed by atoms with Gasteiger partial charge in [0.1, 0.15) is 11.6 Å². The summed E-state index contributed by atoms with van der Waals surface area (Å²) in [7, 11) is 0. The fraction of sp³-hybridized carbons (Fsp3) is 0.364. The number of ether oxygens (including phenoxy) is 1. The number of halogens is 2. The van der Waals surface area contributed by atoms with Crippen molar-refractivity contribution in [2.45, 2.75) is 25.9 Å². The zero-order chi connectivity index (χ0) is 12.1. The molecule has 88 valence electrons. The van der Waals surface area contributed by atoms with E-state index < -0.39 is 17.9 Å². The fourth-order valence-electron chi connectivity index (χ4n) is 1.22. The van der Waals surface area contributed by atoms with E-state index in [1.807, 2.05) is 6.92 Å². The van der Waals surface area contributed by atoms with Gasteiger partial charge in [-0.2, -0.15) is 0 Å². The van der Waals surface area contributed by atoms with E-state index in [1.54, 1.807) is 0 Å². The number of aliphatic carboxylic acids is 1. The van der Waals surface area contributed by atoms with Crippen LogP contribution in [0, 0.1) is 5.82 Å². The first-order valence-electron chi connectivity index (χ1n) is 4.89. The molecule has 16 heavy (non-hydrogen) atoms. The zero-order valence-corrected chi connectivity index (χ0v) is 10.3. The maximum absolute atomic E-state index is 12.9. The van der Waals surface area contributed by atoms with Gasteiger partial charge >= 0.3 is 5.97 Å². The summed E-state index contributed by atoms with van der Waals surface area (Å²) in [6, 6.07) is 3.91. The second-order valence-corrected chi connectivity index (χ2v) is 4.16. The van der Waals surface area contributed by atoms with Crippen LogP contribution in [0.25, 0.3) is 0 Å². The fourth-order valence-corrected chi connectivity index (χ4v) is 1.56. The van der Waals surface area contributed by atoms with Gasteiger partial charge in [0, 0.05) is 6.07 Å². The maximum Gasteiger partial charge on any atom is 0.344 e. The molecule has 0 amide bonds. The molecule has 0 bridgehead atoms. The third kappa shape index (κ3) is 3.48. The Morgan fingerprint density at radius 2 is 2.31 bits per heavy atom. The Hall–Kier alpha value is -1.10. The Kier molecular flexibility index (Phi) is 4.73. The van der Waals surface area contributed by atoms with Crippen LogP contribution in [0.2, 0.25) is 0 Å². The van der Waals surface area contributed by atoms with Crippen LogP contribution in [-0.4, -0.2) is 17.2 Å². The van der Waals surface area contributed by atoms with Gasteiger partial charge in [-0.05, 0) is 34.5 Å². The highest BCUT2D eigenvalue weighted by Gasteiger charge is 2.19. The highest BCUT2D eigenvalue weighted by atomic mass is 79.9. The Balaban J connectivity index is 2.84. The minimum Gasteiger partial charge on any atom is -0.479 e. The summed E-state index contributed by atoms with van der Waals surface area (Å²) in [5, 5.41) is 8.89. The lowest BCUT2D eigenvalue weighted by molar-refractivity contribution is -0.145. The first-order chi connectivity index (χ1) is 7.54. The third-order valence-corrected chi connectivity index (χ3v) is 2.64. The van der Waals surface area contributed by atoms with E-state index >= 15 is 0 Å². The lowest BCUT2D eigenvalue weighted by Crippen LogP contribution is -2.26. The maximum atomic E-state index is 12.9. The molecule has 5 heteroatoms. The predicted molar refractivity (Wildman–Crippen MR) is 61.1 cm³/mol. The van der Waals surface area contributed by atoms with Crippen molar-refractivity contribution >= 4 is 21.9 Å². The molecule has 1 N–H and O–H groups in total. The van der Waals surface area contributed by atoms with Crippen molar-refractivity contribution in [3.8, 4) is 5.75 Å². The smallest absolute Gasteiger partial charge is 0.344 e. The van der Waals surface area contributed by atoms with Crippen molar-refractivity contribution in [2.24, 2.45) is 0 Å². The van der Waals surface area contributed by atoms with E-state index in [9.17, 15) is 9.18 Å². The monoisotopic (exact) mass is 290 g/mol. The molecule has 0 radical (unpaired) electrons. The van der Waals surface area contributed by atoms with Crippen LogP contribution in [0.3, 0.4) is 0 Å². The molecule has 0 aliphatic rings. The first-order valence-corrected chi connectivity index (χ1v) is 5.68. The molecule has 1 aromatic rings. The van der Waals surface area contributed by atoms with Crippen molar-refractivity contribution < 1.29 is 19.0 Å². The van der Waals surface area contributed by atoms with Crippen LogP contribution in [0.15, 0.2) is 22.7 Å². The number of carbonyl (C=O) groups is 1. The largest absolute Gasteiger partial charge is 0.479 e. The average molecular weight is 291 g/mol. The molecule has 1 atom stereocenters. The van der Waals surface area contributed by atoms with Gasteiger partial charge in [-0.25, -0.2) is 9.18 Å². The topological polar surface area (TPSA) is 46.5 Å². The van der Waals surface area contributed by atoms with E-state index in [0.29, 0.717) is 17.3 Å². The number of carboxylic acid groups (broad SMARTS) is 1. The Labute approximate surface area is 101 Å². The summed E-state index contributed by atoms with van der Waals surface area (Å²) in [6.45, 7) is 1.86. The molecule has 1 unspecified atom stereocenters. The van der Waals surface area contributed by atoms with Crippen LogP contribution in [0.1, 0.15) is 19.8 Å². The summed E-state index contributed by atoms with van der Waals surface area (Å²) in [5.74, 6) is -1.29. The van der Waals surface area contributed by atoms with Crippen LogP contribution >= 0.6 is 15.9 Å². The van der Waals surface area contributed by atoms with E-state index in [-0.39, 0.29) is 5.75 Å². The second-order valence-electron chi connectivity index (χ2n) is 3.31. The average Bonchev–Trinajstić information content (AvgIpc) is 2.22. The summed E-state index contributed by atoms with van der Waals surface area (Å²) < 4.78 is 18.7. The number of benzene rings is 1. The molecule has 0 aliphatic heterocycles. The van der Waals surface area contributed by atoms with Gasteiger partial charge < -0.3 is 9.84 Å². The van der Waals surface area contributed by atoms with Gasteiger partial charge in [-0.15, -0.1) is 0 Å². The number of carboxylic acids is 1. The van der Waals surface area contributed by atoms with Crippen LogP contribution < -0.4 is 4.74 Å². The molecule has 0 aliphatic carbocycles. The molecule has 0 saturated heterocycles. The predicted octanol–water partition coefficient (Wildman–Crippen LogP) is 3.22. The standard InChI is InChI=1S/C11H12BrFO3/c1-2-3-9(11(14)15)16-10-6-7(13)4-5-8(10)12/h4-6,9H,2-3H2,1H3,(H,14,15). The molecule has 1 aromatic carbocycles. The lowest BCUT2D eigenvalue weighted by Gasteiger charge is -2.15. The normalized spacial score (nSPS) is 12.2. The quantitative estimate of drug-likeness (QED) is 0.906. The van der Waals surface area contributed by atoms with Gasteiger partial charge in [0.2, 0.25) is 0 Å². The minimum absolute atomic E-state index is 0.209. The molecular formula is C11H12BrFO3. The molecule has 0 saturated carbocycles. The summed E-state index contributed by atoms with van der Waals surface area (Å²) >= 11 is 3.17. The number of rotatable bonds is 5. The molecule has 0 aromatic heterocycles. The van der Waals surface area contributed by atoms with E-state index in [0.717, 1.165) is 6.07 Å². The van der Waals surface area contributed by atoms with Gasteiger partial charge in [0.05, 0.1) is 4.47 Å². The van der Waals surface area contributed by atoms with Crippen LogP contribution in [0.5, 0.6) is 5.75 Å². The van der Waals surface area contributed by atoms with E-state index in [2.05, 4.69) is 15.9 Å². The van der Waals surface area contributed by atoms with Crippen molar-refractivity contribution in [3.63, 3.8) is 0 Å². The van der Waals surface area contributed by atoms with Crippen molar-refractivity contribution in [1.82, 2.24) is 0 Å². The van der Waals surface area contributed by atoms with Crippen LogP contribution in [0.4, 0.5) is 4.39 Å². The van der Waals surface area contributed by atoms with E-state index in [1.165, 1.54) is 12.1 Å². The Morgan fingerprint density at radius 1 is 1.62 bits per heavy atom. The molecule has 3 nitrogen and oxygen atoms in total. The van der Waals surface area contributed by atoms with Crippen molar-refractivity contribution in [2.75, 3.05) is 0 Å². The second kappa shape index (κ2) is 5.84. The van der Waals surface area contributed by atoms with Crippen molar-refractivity contribution in [3.05, 3.63) is 28.5 Å².